The van der Waals surface area contributed by atoms with Crippen molar-refractivity contribution in [3.8, 4) is 0 Å². The molecule has 0 aromatic heterocycles. The minimum Gasteiger partial charge on any atom is -0.356 e. The van der Waals surface area contributed by atoms with E-state index in [9.17, 15) is 9.59 Å². The van der Waals surface area contributed by atoms with Crippen LogP contribution in [-0.4, -0.2) is 97.9 Å². The van der Waals surface area contributed by atoms with Gasteiger partial charge in [0.2, 0.25) is 11.8 Å². The number of carbonyl (C=O) groups is 2. The SMILES string of the molecule is CN=C(NCCCC(=O)NC1CC1)N1CCN(CC(=O)N2CCCC2)CC1. The van der Waals surface area contributed by atoms with E-state index >= 15 is 0 Å². The Morgan fingerprint density at radius 2 is 1.70 bits per heavy atom. The number of aliphatic imine (C=N–C) groups is 1. The third-order valence-corrected chi connectivity index (χ3v) is 5.51. The van der Waals surface area contributed by atoms with E-state index in [-0.39, 0.29) is 11.8 Å². The van der Waals surface area contributed by atoms with Gasteiger partial charge in [0, 0.05) is 65.3 Å². The molecule has 3 aliphatic rings. The molecule has 2 heterocycles. The predicted molar refractivity (Wildman–Crippen MR) is 106 cm³/mol. The van der Waals surface area contributed by atoms with Crippen molar-refractivity contribution in [2.24, 2.45) is 4.99 Å². The normalized spacial score (nSPS) is 21.4. The van der Waals surface area contributed by atoms with Crippen LogP contribution in [0.1, 0.15) is 38.5 Å². The molecule has 3 rings (SSSR count). The van der Waals surface area contributed by atoms with Gasteiger partial charge in [-0.15, -0.1) is 0 Å². The van der Waals surface area contributed by atoms with Gasteiger partial charge in [0.15, 0.2) is 5.96 Å². The molecule has 2 amide bonds. The molecule has 2 N–H and O–H groups in total. The van der Waals surface area contributed by atoms with Crippen LogP contribution in [0, 0.1) is 0 Å². The summed E-state index contributed by atoms with van der Waals surface area (Å²) in [7, 11) is 1.80. The second-order valence-corrected chi connectivity index (χ2v) is 7.77. The summed E-state index contributed by atoms with van der Waals surface area (Å²) in [6, 6.07) is 0.437. The van der Waals surface area contributed by atoms with Crippen LogP contribution in [0.4, 0.5) is 0 Å². The van der Waals surface area contributed by atoms with E-state index in [4.69, 9.17) is 0 Å². The quantitative estimate of drug-likeness (QED) is 0.366. The van der Waals surface area contributed by atoms with Gasteiger partial charge in [-0.25, -0.2) is 0 Å². The van der Waals surface area contributed by atoms with E-state index in [1.807, 2.05) is 4.90 Å². The molecular formula is C19H34N6O2. The smallest absolute Gasteiger partial charge is 0.236 e. The molecule has 1 saturated carbocycles. The lowest BCUT2D eigenvalue weighted by Crippen LogP contribution is -2.54. The molecule has 0 atom stereocenters. The van der Waals surface area contributed by atoms with Gasteiger partial charge in [0.05, 0.1) is 6.54 Å². The van der Waals surface area contributed by atoms with Crippen LogP contribution in [0.25, 0.3) is 0 Å². The maximum Gasteiger partial charge on any atom is 0.236 e. The van der Waals surface area contributed by atoms with Crippen molar-refractivity contribution in [1.82, 2.24) is 25.3 Å². The van der Waals surface area contributed by atoms with Crippen molar-refractivity contribution in [2.75, 3.05) is 59.4 Å². The Morgan fingerprint density at radius 3 is 2.33 bits per heavy atom. The molecule has 0 radical (unpaired) electrons. The number of amides is 2. The van der Waals surface area contributed by atoms with Crippen molar-refractivity contribution in [2.45, 2.75) is 44.6 Å². The summed E-state index contributed by atoms with van der Waals surface area (Å²) in [6.07, 6.45) is 5.92. The van der Waals surface area contributed by atoms with Crippen LogP contribution in [0.2, 0.25) is 0 Å². The van der Waals surface area contributed by atoms with Crippen molar-refractivity contribution in [3.05, 3.63) is 0 Å². The van der Waals surface area contributed by atoms with Gasteiger partial charge in [0.25, 0.3) is 0 Å². The molecule has 0 aromatic carbocycles. The summed E-state index contributed by atoms with van der Waals surface area (Å²) in [5.41, 5.74) is 0. The number of hydrogen-bond acceptors (Lipinski definition) is 4. The third-order valence-electron chi connectivity index (χ3n) is 5.51. The van der Waals surface area contributed by atoms with E-state index in [1.54, 1.807) is 7.05 Å². The van der Waals surface area contributed by atoms with E-state index < -0.39 is 0 Å². The minimum atomic E-state index is 0.158. The summed E-state index contributed by atoms with van der Waals surface area (Å²) in [5.74, 6) is 1.32. The second-order valence-electron chi connectivity index (χ2n) is 7.77. The van der Waals surface area contributed by atoms with Crippen molar-refractivity contribution in [3.63, 3.8) is 0 Å². The predicted octanol–water partition coefficient (Wildman–Crippen LogP) is -0.139. The average molecular weight is 379 g/mol. The first-order valence-electron chi connectivity index (χ1n) is 10.4. The molecule has 152 valence electrons. The van der Waals surface area contributed by atoms with Gasteiger partial charge in [-0.05, 0) is 32.1 Å². The molecule has 27 heavy (non-hydrogen) atoms. The summed E-state index contributed by atoms with van der Waals surface area (Å²) in [6.45, 7) is 6.63. The lowest BCUT2D eigenvalue weighted by Gasteiger charge is -2.36. The summed E-state index contributed by atoms with van der Waals surface area (Å²) in [4.78, 5) is 34.8. The topological polar surface area (TPSA) is 80.3 Å². The fourth-order valence-corrected chi connectivity index (χ4v) is 3.68. The van der Waals surface area contributed by atoms with E-state index in [0.717, 1.165) is 83.9 Å². The Kier molecular flexibility index (Phi) is 7.32. The molecular weight excluding hydrogens is 344 g/mol. The van der Waals surface area contributed by atoms with Crippen LogP contribution in [-0.2, 0) is 9.59 Å². The third kappa shape index (κ3) is 6.37. The molecule has 2 saturated heterocycles. The largest absolute Gasteiger partial charge is 0.356 e. The zero-order chi connectivity index (χ0) is 19.1. The monoisotopic (exact) mass is 378 g/mol. The first kappa shape index (κ1) is 19.9. The van der Waals surface area contributed by atoms with E-state index in [1.165, 1.54) is 0 Å². The van der Waals surface area contributed by atoms with Crippen molar-refractivity contribution in [1.29, 1.82) is 0 Å². The fraction of sp³-hybridized carbons (Fsp3) is 0.842. The van der Waals surface area contributed by atoms with Gasteiger partial charge in [-0.3, -0.25) is 19.5 Å². The van der Waals surface area contributed by atoms with Gasteiger partial charge >= 0.3 is 0 Å². The first-order valence-corrected chi connectivity index (χ1v) is 10.4. The standard InChI is InChI=1S/C19H34N6O2/c1-20-19(21-8-4-5-17(26)22-16-6-7-16)25-13-11-23(12-14-25)15-18(27)24-9-2-3-10-24/h16H,2-15H2,1H3,(H,20,21)(H,22,26). The Balaban J connectivity index is 1.30. The van der Waals surface area contributed by atoms with E-state index in [0.29, 0.717) is 19.0 Å². The Hall–Kier alpha value is -1.83. The number of hydrogen-bond donors (Lipinski definition) is 2. The van der Waals surface area contributed by atoms with Crippen LogP contribution >= 0.6 is 0 Å². The molecule has 1 aliphatic carbocycles. The molecule has 2 aliphatic heterocycles. The Labute approximate surface area is 162 Å². The molecule has 8 nitrogen and oxygen atoms in total. The molecule has 8 heteroatoms. The van der Waals surface area contributed by atoms with Crippen molar-refractivity contribution >= 4 is 17.8 Å². The van der Waals surface area contributed by atoms with Crippen molar-refractivity contribution < 1.29 is 9.59 Å². The number of likely N-dealkylation sites (tertiary alicyclic amines) is 1. The van der Waals surface area contributed by atoms with Crippen LogP contribution < -0.4 is 10.6 Å². The van der Waals surface area contributed by atoms with Gasteiger partial charge in [-0.2, -0.15) is 0 Å². The second kappa shape index (κ2) is 9.92. The number of nitrogens with one attached hydrogen (secondary N) is 2. The van der Waals surface area contributed by atoms with Crippen LogP contribution in [0.5, 0.6) is 0 Å². The van der Waals surface area contributed by atoms with Gasteiger partial charge in [-0.1, -0.05) is 0 Å². The van der Waals surface area contributed by atoms with Crippen LogP contribution in [0.3, 0.4) is 0 Å². The lowest BCUT2D eigenvalue weighted by molar-refractivity contribution is -0.131. The van der Waals surface area contributed by atoms with Crippen LogP contribution in [0.15, 0.2) is 4.99 Å². The lowest BCUT2D eigenvalue weighted by atomic mass is 10.3. The minimum absolute atomic E-state index is 0.158. The summed E-state index contributed by atoms with van der Waals surface area (Å²) >= 11 is 0. The fourth-order valence-electron chi connectivity index (χ4n) is 3.68. The zero-order valence-electron chi connectivity index (χ0n) is 16.6. The Morgan fingerprint density at radius 1 is 1.00 bits per heavy atom. The van der Waals surface area contributed by atoms with Gasteiger partial charge in [0.1, 0.15) is 0 Å². The number of rotatable bonds is 7. The number of carbonyl (C=O) groups excluding carboxylic acids is 2. The highest BCUT2D eigenvalue weighted by Gasteiger charge is 2.25. The Bertz CT molecular complexity index is 534. The van der Waals surface area contributed by atoms with Gasteiger partial charge < -0.3 is 20.4 Å². The summed E-state index contributed by atoms with van der Waals surface area (Å²) in [5, 5.41) is 6.38. The molecule has 0 unspecified atom stereocenters. The average Bonchev–Trinajstić information content (AvgIpc) is 3.31. The maximum absolute atomic E-state index is 12.3. The molecule has 0 spiro atoms. The summed E-state index contributed by atoms with van der Waals surface area (Å²) < 4.78 is 0. The number of guanidine groups is 1. The van der Waals surface area contributed by atoms with E-state index in [2.05, 4.69) is 25.4 Å². The molecule has 0 bridgehead atoms. The number of piperazine rings is 1. The zero-order valence-corrected chi connectivity index (χ0v) is 16.6. The molecule has 3 fully saturated rings. The molecule has 0 aromatic rings. The first-order chi connectivity index (χ1) is 13.2. The highest BCUT2D eigenvalue weighted by atomic mass is 16.2. The maximum atomic E-state index is 12.3. The number of nitrogens with zero attached hydrogens (tertiary/aromatic N) is 4. The highest BCUT2D eigenvalue weighted by molar-refractivity contribution is 5.80. The highest BCUT2D eigenvalue weighted by Crippen LogP contribution is 2.18.